The van der Waals surface area contributed by atoms with Gasteiger partial charge in [0.1, 0.15) is 0 Å². The minimum atomic E-state index is 0.761. The normalized spacial score (nSPS) is 18.1. The van der Waals surface area contributed by atoms with E-state index in [2.05, 4.69) is 47.2 Å². The zero-order valence-corrected chi connectivity index (χ0v) is 11.0. The lowest BCUT2D eigenvalue weighted by molar-refractivity contribution is 0.460. The maximum atomic E-state index is 3.62. The molecule has 0 aromatic heterocycles. The Morgan fingerprint density at radius 3 is 2.20 bits per heavy atom. The largest absolute Gasteiger partial charge is 0.317 e. The summed E-state index contributed by atoms with van der Waals surface area (Å²) < 4.78 is 1.26. The first-order chi connectivity index (χ1) is 7.18. The molecule has 1 saturated heterocycles. The van der Waals surface area contributed by atoms with Crippen molar-refractivity contribution in [3.63, 3.8) is 0 Å². The zero-order valence-electron chi connectivity index (χ0n) is 9.44. The minimum Gasteiger partial charge on any atom is -0.317 e. The Kier molecular flexibility index (Phi) is 3.47. The van der Waals surface area contributed by atoms with Gasteiger partial charge in [0, 0.05) is 4.47 Å². The highest BCUT2D eigenvalue weighted by Crippen LogP contribution is 2.30. The Hall–Kier alpha value is -0.340. The van der Waals surface area contributed by atoms with Crippen LogP contribution in [0, 0.1) is 13.8 Å². The Labute approximate surface area is 100 Å². The quantitative estimate of drug-likeness (QED) is 0.821. The lowest BCUT2D eigenvalue weighted by Crippen LogP contribution is -2.26. The van der Waals surface area contributed by atoms with Crippen molar-refractivity contribution >= 4 is 15.9 Å². The second kappa shape index (κ2) is 4.67. The van der Waals surface area contributed by atoms with Crippen LogP contribution in [0.1, 0.15) is 35.4 Å². The zero-order chi connectivity index (χ0) is 10.8. The highest BCUT2D eigenvalue weighted by molar-refractivity contribution is 9.10. The molecule has 1 aromatic carbocycles. The average Bonchev–Trinajstić information content (AvgIpc) is 2.26. The number of hydrogen-bond acceptors (Lipinski definition) is 1. The van der Waals surface area contributed by atoms with E-state index >= 15 is 0 Å². The molecule has 1 heterocycles. The van der Waals surface area contributed by atoms with Crippen LogP contribution in [0.5, 0.6) is 0 Å². The average molecular weight is 268 g/mol. The summed E-state index contributed by atoms with van der Waals surface area (Å²) in [5.41, 5.74) is 4.25. The van der Waals surface area contributed by atoms with Crippen molar-refractivity contribution in [2.45, 2.75) is 32.6 Å². The predicted octanol–water partition coefficient (Wildman–Crippen LogP) is 3.53. The lowest BCUT2D eigenvalue weighted by Gasteiger charge is -2.24. The van der Waals surface area contributed by atoms with Crippen molar-refractivity contribution in [1.82, 2.24) is 5.32 Å². The summed E-state index contributed by atoms with van der Waals surface area (Å²) in [6.45, 7) is 6.70. The fourth-order valence-corrected chi connectivity index (χ4v) is 2.60. The van der Waals surface area contributed by atoms with Crippen molar-refractivity contribution < 1.29 is 0 Å². The van der Waals surface area contributed by atoms with Crippen LogP contribution in [0.25, 0.3) is 0 Å². The van der Waals surface area contributed by atoms with Gasteiger partial charge < -0.3 is 5.32 Å². The van der Waals surface area contributed by atoms with Gasteiger partial charge in [0.15, 0.2) is 0 Å². The van der Waals surface area contributed by atoms with E-state index in [1.807, 2.05) is 0 Å². The van der Waals surface area contributed by atoms with Crippen molar-refractivity contribution in [3.8, 4) is 0 Å². The summed E-state index contributed by atoms with van der Waals surface area (Å²) in [6.07, 6.45) is 2.56. The van der Waals surface area contributed by atoms with Gasteiger partial charge in [-0.1, -0.05) is 28.1 Å². The molecule has 0 atom stereocenters. The molecule has 1 N–H and O–H groups in total. The Morgan fingerprint density at radius 2 is 1.67 bits per heavy atom. The van der Waals surface area contributed by atoms with Crippen LogP contribution in [0.15, 0.2) is 16.6 Å². The molecule has 0 unspecified atom stereocenters. The molecule has 15 heavy (non-hydrogen) atoms. The molecule has 1 fully saturated rings. The molecular weight excluding hydrogens is 250 g/mol. The number of halogens is 1. The summed E-state index contributed by atoms with van der Waals surface area (Å²) in [6, 6.07) is 4.68. The van der Waals surface area contributed by atoms with Crippen LogP contribution < -0.4 is 5.32 Å². The number of rotatable bonds is 1. The topological polar surface area (TPSA) is 12.0 Å². The molecule has 0 aliphatic carbocycles. The van der Waals surface area contributed by atoms with E-state index in [9.17, 15) is 0 Å². The van der Waals surface area contributed by atoms with Gasteiger partial charge in [-0.3, -0.25) is 0 Å². The Bertz CT molecular complexity index is 331. The van der Waals surface area contributed by atoms with Crippen molar-refractivity contribution in [3.05, 3.63) is 33.3 Å². The SMILES string of the molecule is Cc1cc(C2CCNCC2)cc(C)c1Br. The van der Waals surface area contributed by atoms with Crippen LogP contribution in [0.2, 0.25) is 0 Å². The second-order valence-electron chi connectivity index (χ2n) is 4.49. The van der Waals surface area contributed by atoms with E-state index in [0.29, 0.717) is 0 Å². The molecule has 0 saturated carbocycles. The first kappa shape index (κ1) is 11.2. The van der Waals surface area contributed by atoms with E-state index < -0.39 is 0 Å². The van der Waals surface area contributed by atoms with Gasteiger partial charge in [0.25, 0.3) is 0 Å². The molecule has 82 valence electrons. The number of benzene rings is 1. The molecule has 0 amide bonds. The van der Waals surface area contributed by atoms with Gasteiger partial charge in [-0.2, -0.15) is 0 Å². The molecule has 2 heteroatoms. The molecular formula is C13H18BrN. The fourth-order valence-electron chi connectivity index (χ4n) is 2.37. The summed E-state index contributed by atoms with van der Waals surface area (Å²) in [4.78, 5) is 0. The van der Waals surface area contributed by atoms with E-state index in [0.717, 1.165) is 5.92 Å². The van der Waals surface area contributed by atoms with Crippen LogP contribution in [-0.2, 0) is 0 Å². The maximum absolute atomic E-state index is 3.62. The van der Waals surface area contributed by atoms with E-state index in [1.54, 1.807) is 0 Å². The first-order valence-corrected chi connectivity index (χ1v) is 6.45. The number of aryl methyl sites for hydroxylation is 2. The summed E-state index contributed by atoms with van der Waals surface area (Å²) in [7, 11) is 0. The van der Waals surface area contributed by atoms with Gasteiger partial charge in [0.2, 0.25) is 0 Å². The van der Waals surface area contributed by atoms with Crippen LogP contribution in [0.3, 0.4) is 0 Å². The molecule has 0 bridgehead atoms. The molecule has 1 nitrogen and oxygen atoms in total. The number of piperidine rings is 1. The van der Waals surface area contributed by atoms with E-state index in [4.69, 9.17) is 0 Å². The number of hydrogen-bond donors (Lipinski definition) is 1. The molecule has 1 aliphatic rings. The molecule has 1 aliphatic heterocycles. The summed E-state index contributed by atoms with van der Waals surface area (Å²) in [5, 5.41) is 3.42. The van der Waals surface area contributed by atoms with Crippen LogP contribution >= 0.6 is 15.9 Å². The van der Waals surface area contributed by atoms with Crippen molar-refractivity contribution in [2.24, 2.45) is 0 Å². The van der Waals surface area contributed by atoms with E-state index in [1.165, 1.54) is 47.1 Å². The van der Waals surface area contributed by atoms with Crippen molar-refractivity contribution in [1.29, 1.82) is 0 Å². The third kappa shape index (κ3) is 2.43. The number of nitrogens with one attached hydrogen (secondary N) is 1. The highest BCUT2D eigenvalue weighted by atomic mass is 79.9. The summed E-state index contributed by atoms with van der Waals surface area (Å²) >= 11 is 3.62. The van der Waals surface area contributed by atoms with E-state index in [-0.39, 0.29) is 0 Å². The third-order valence-electron chi connectivity index (χ3n) is 3.27. The molecule has 0 spiro atoms. The van der Waals surface area contributed by atoms with Gasteiger partial charge in [-0.15, -0.1) is 0 Å². The minimum absolute atomic E-state index is 0.761. The lowest BCUT2D eigenvalue weighted by atomic mass is 9.88. The fraction of sp³-hybridized carbons (Fsp3) is 0.538. The standard InChI is InChI=1S/C13H18BrN/c1-9-7-12(8-10(2)13(9)14)11-3-5-15-6-4-11/h7-8,11,15H,3-6H2,1-2H3. The summed E-state index contributed by atoms with van der Waals surface area (Å²) in [5.74, 6) is 0.761. The van der Waals surface area contributed by atoms with Gasteiger partial charge in [0.05, 0.1) is 0 Å². The molecule has 0 radical (unpaired) electrons. The van der Waals surface area contributed by atoms with Gasteiger partial charge in [-0.05, 0) is 62.4 Å². The predicted molar refractivity (Wildman–Crippen MR) is 68.5 cm³/mol. The van der Waals surface area contributed by atoms with Gasteiger partial charge in [-0.25, -0.2) is 0 Å². The maximum Gasteiger partial charge on any atom is 0.0233 e. The Morgan fingerprint density at radius 1 is 1.13 bits per heavy atom. The van der Waals surface area contributed by atoms with Crippen molar-refractivity contribution in [2.75, 3.05) is 13.1 Å². The molecule has 2 rings (SSSR count). The smallest absolute Gasteiger partial charge is 0.0233 e. The third-order valence-corrected chi connectivity index (χ3v) is 4.52. The highest BCUT2D eigenvalue weighted by Gasteiger charge is 2.16. The van der Waals surface area contributed by atoms with Crippen LogP contribution in [0.4, 0.5) is 0 Å². The van der Waals surface area contributed by atoms with Gasteiger partial charge >= 0.3 is 0 Å². The first-order valence-electron chi connectivity index (χ1n) is 5.66. The molecule has 1 aromatic rings. The Balaban J connectivity index is 2.27. The van der Waals surface area contributed by atoms with Crippen LogP contribution in [-0.4, -0.2) is 13.1 Å². The monoisotopic (exact) mass is 267 g/mol. The second-order valence-corrected chi connectivity index (χ2v) is 5.29.